The molecule has 1 aliphatic rings. The smallest absolute Gasteiger partial charge is 0.244 e. The third-order valence-electron chi connectivity index (χ3n) is 4.16. The van der Waals surface area contributed by atoms with Crippen LogP contribution in [0.5, 0.6) is 0 Å². The second-order valence-corrected chi connectivity index (χ2v) is 6.04. The van der Waals surface area contributed by atoms with Crippen LogP contribution in [0.15, 0.2) is 0 Å². The van der Waals surface area contributed by atoms with Crippen molar-refractivity contribution in [1.29, 1.82) is 0 Å². The minimum Gasteiger partial charge on any atom is -0.338 e. The Kier molecular flexibility index (Phi) is 7.57. The maximum Gasteiger partial charge on any atom is 0.244 e. The van der Waals surface area contributed by atoms with Crippen molar-refractivity contribution >= 4 is 5.95 Å². The second kappa shape index (κ2) is 9.77. The fraction of sp³-hybridized carbons (Fsp3) is 0.875. The second-order valence-electron chi connectivity index (χ2n) is 6.04. The van der Waals surface area contributed by atoms with Gasteiger partial charge in [0.1, 0.15) is 5.82 Å². The summed E-state index contributed by atoms with van der Waals surface area (Å²) >= 11 is 0. The Balaban J connectivity index is 1.63. The van der Waals surface area contributed by atoms with E-state index in [4.69, 9.17) is 0 Å². The first-order chi connectivity index (χ1) is 10.4. The Morgan fingerprint density at radius 3 is 2.67 bits per heavy atom. The van der Waals surface area contributed by atoms with Crippen LogP contribution in [-0.4, -0.2) is 41.4 Å². The first-order valence-electron chi connectivity index (χ1n) is 8.77. The molecule has 120 valence electrons. The Morgan fingerprint density at radius 1 is 1.00 bits per heavy atom. The van der Waals surface area contributed by atoms with Crippen LogP contribution in [0.25, 0.3) is 0 Å². The van der Waals surface area contributed by atoms with Crippen LogP contribution in [0.4, 0.5) is 5.95 Å². The van der Waals surface area contributed by atoms with E-state index in [-0.39, 0.29) is 0 Å². The Bertz CT molecular complexity index is 368. The highest BCUT2D eigenvalue weighted by atomic mass is 15.4. The third kappa shape index (κ3) is 6.04. The predicted molar refractivity (Wildman–Crippen MR) is 87.8 cm³/mol. The fourth-order valence-corrected chi connectivity index (χ4v) is 2.83. The summed E-state index contributed by atoms with van der Waals surface area (Å²) < 4.78 is 0. The molecule has 1 fully saturated rings. The average Bonchev–Trinajstić information content (AvgIpc) is 2.80. The van der Waals surface area contributed by atoms with Crippen LogP contribution in [0.2, 0.25) is 0 Å². The molecule has 0 amide bonds. The van der Waals surface area contributed by atoms with Crippen LogP contribution in [0.1, 0.15) is 64.1 Å². The molecule has 5 nitrogen and oxygen atoms in total. The first kappa shape index (κ1) is 16.3. The van der Waals surface area contributed by atoms with Crippen molar-refractivity contribution in [3.8, 4) is 0 Å². The average molecular weight is 293 g/mol. The highest BCUT2D eigenvalue weighted by molar-refractivity contribution is 5.28. The SMILES string of the molecule is CCCCCCCCCc1nc(N2CCCNCC2)n[nH]1. The number of nitrogens with one attached hydrogen (secondary N) is 2. The number of aromatic nitrogens is 3. The summed E-state index contributed by atoms with van der Waals surface area (Å²) in [5, 5.41) is 10.9. The van der Waals surface area contributed by atoms with Gasteiger partial charge in [0.25, 0.3) is 0 Å². The van der Waals surface area contributed by atoms with Gasteiger partial charge in [0.05, 0.1) is 0 Å². The van der Waals surface area contributed by atoms with Gasteiger partial charge in [-0.25, -0.2) is 0 Å². The fourth-order valence-electron chi connectivity index (χ4n) is 2.83. The van der Waals surface area contributed by atoms with Crippen molar-refractivity contribution in [3.63, 3.8) is 0 Å². The molecule has 1 aromatic heterocycles. The molecule has 0 unspecified atom stereocenters. The number of anilines is 1. The van der Waals surface area contributed by atoms with E-state index in [2.05, 4.69) is 32.3 Å². The number of rotatable bonds is 9. The van der Waals surface area contributed by atoms with Crippen molar-refractivity contribution in [3.05, 3.63) is 5.82 Å². The van der Waals surface area contributed by atoms with E-state index in [1.807, 2.05) is 0 Å². The first-order valence-corrected chi connectivity index (χ1v) is 8.77. The summed E-state index contributed by atoms with van der Waals surface area (Å²) in [6.07, 6.45) is 11.6. The van der Waals surface area contributed by atoms with Crippen LogP contribution in [0, 0.1) is 0 Å². The quantitative estimate of drug-likeness (QED) is 0.687. The third-order valence-corrected chi connectivity index (χ3v) is 4.16. The zero-order chi connectivity index (χ0) is 14.8. The van der Waals surface area contributed by atoms with Gasteiger partial charge >= 0.3 is 0 Å². The zero-order valence-corrected chi connectivity index (χ0v) is 13.5. The maximum absolute atomic E-state index is 4.65. The summed E-state index contributed by atoms with van der Waals surface area (Å²) in [6, 6.07) is 0. The molecule has 0 aromatic carbocycles. The topological polar surface area (TPSA) is 56.8 Å². The summed E-state index contributed by atoms with van der Waals surface area (Å²) in [5.41, 5.74) is 0. The van der Waals surface area contributed by atoms with Crippen molar-refractivity contribution < 1.29 is 0 Å². The molecule has 0 aliphatic carbocycles. The van der Waals surface area contributed by atoms with Crippen molar-refractivity contribution in [1.82, 2.24) is 20.5 Å². The molecule has 0 bridgehead atoms. The molecule has 2 heterocycles. The van der Waals surface area contributed by atoms with Gasteiger partial charge in [-0.05, 0) is 19.4 Å². The van der Waals surface area contributed by atoms with Gasteiger partial charge in [-0.15, -0.1) is 5.10 Å². The molecule has 0 atom stereocenters. The number of aromatic amines is 1. The monoisotopic (exact) mass is 293 g/mol. The molecule has 0 radical (unpaired) electrons. The lowest BCUT2D eigenvalue weighted by molar-refractivity contribution is 0.585. The van der Waals surface area contributed by atoms with Gasteiger partial charge < -0.3 is 10.2 Å². The molecular weight excluding hydrogens is 262 g/mol. The van der Waals surface area contributed by atoms with Gasteiger partial charge in [-0.2, -0.15) is 4.98 Å². The standard InChI is InChI=1S/C16H31N5/c1-2-3-4-5-6-7-8-10-15-18-16(20-19-15)21-13-9-11-17-12-14-21/h17H,2-14H2,1H3,(H,18,19,20). The minimum absolute atomic E-state index is 0.886. The normalized spacial score (nSPS) is 16.1. The Morgan fingerprint density at radius 2 is 1.81 bits per heavy atom. The van der Waals surface area contributed by atoms with Crippen LogP contribution in [0.3, 0.4) is 0 Å². The zero-order valence-electron chi connectivity index (χ0n) is 13.5. The largest absolute Gasteiger partial charge is 0.338 e. The van der Waals surface area contributed by atoms with E-state index in [9.17, 15) is 0 Å². The Labute approximate surface area is 128 Å². The predicted octanol–water partition coefficient (Wildman–Crippen LogP) is 2.90. The maximum atomic E-state index is 4.65. The van der Waals surface area contributed by atoms with Gasteiger partial charge in [-0.1, -0.05) is 45.4 Å². The van der Waals surface area contributed by atoms with E-state index in [0.29, 0.717) is 0 Å². The molecule has 2 N–H and O–H groups in total. The van der Waals surface area contributed by atoms with E-state index < -0.39 is 0 Å². The van der Waals surface area contributed by atoms with E-state index in [0.717, 1.165) is 44.4 Å². The van der Waals surface area contributed by atoms with Gasteiger partial charge in [0.2, 0.25) is 5.95 Å². The summed E-state index contributed by atoms with van der Waals surface area (Å²) in [6.45, 7) is 6.46. The van der Waals surface area contributed by atoms with Gasteiger partial charge in [0.15, 0.2) is 0 Å². The lowest BCUT2D eigenvalue weighted by Crippen LogP contribution is -2.28. The molecule has 1 aliphatic heterocycles. The lowest BCUT2D eigenvalue weighted by Gasteiger charge is -2.16. The number of unbranched alkanes of at least 4 members (excludes halogenated alkanes) is 6. The highest BCUT2D eigenvalue weighted by Crippen LogP contribution is 2.12. The van der Waals surface area contributed by atoms with E-state index >= 15 is 0 Å². The molecule has 5 heteroatoms. The molecule has 21 heavy (non-hydrogen) atoms. The number of hydrogen-bond donors (Lipinski definition) is 2. The highest BCUT2D eigenvalue weighted by Gasteiger charge is 2.13. The minimum atomic E-state index is 0.886. The number of H-pyrrole nitrogens is 1. The van der Waals surface area contributed by atoms with Crippen molar-refractivity contribution in [2.45, 2.75) is 64.7 Å². The van der Waals surface area contributed by atoms with Crippen LogP contribution >= 0.6 is 0 Å². The van der Waals surface area contributed by atoms with Crippen LogP contribution < -0.4 is 10.2 Å². The number of hydrogen-bond acceptors (Lipinski definition) is 4. The van der Waals surface area contributed by atoms with Crippen molar-refractivity contribution in [2.75, 3.05) is 31.1 Å². The molecule has 0 spiro atoms. The summed E-state index contributed by atoms with van der Waals surface area (Å²) in [4.78, 5) is 6.94. The number of nitrogens with zero attached hydrogens (tertiary/aromatic N) is 3. The van der Waals surface area contributed by atoms with E-state index in [1.54, 1.807) is 0 Å². The molecule has 1 aromatic rings. The molecular formula is C16H31N5. The van der Waals surface area contributed by atoms with E-state index in [1.165, 1.54) is 51.4 Å². The summed E-state index contributed by atoms with van der Waals surface area (Å²) in [7, 11) is 0. The van der Waals surface area contributed by atoms with Crippen LogP contribution in [-0.2, 0) is 6.42 Å². The van der Waals surface area contributed by atoms with Crippen molar-refractivity contribution in [2.24, 2.45) is 0 Å². The van der Waals surface area contributed by atoms with Gasteiger partial charge in [0, 0.05) is 26.1 Å². The summed E-state index contributed by atoms with van der Waals surface area (Å²) in [5.74, 6) is 1.94. The molecule has 2 rings (SSSR count). The van der Waals surface area contributed by atoms with Gasteiger partial charge in [-0.3, -0.25) is 5.10 Å². The Hall–Kier alpha value is -1.10. The molecule has 0 saturated carbocycles. The molecule has 1 saturated heterocycles. The lowest BCUT2D eigenvalue weighted by atomic mass is 10.1. The number of aryl methyl sites for hydroxylation is 1.